The quantitative estimate of drug-likeness (QED) is 0.732. The molecule has 0 aromatic heterocycles. The third kappa shape index (κ3) is 2.91. The Labute approximate surface area is 101 Å². The van der Waals surface area contributed by atoms with Gasteiger partial charge in [-0.15, -0.1) is 11.8 Å². The zero-order valence-corrected chi connectivity index (χ0v) is 9.88. The van der Waals surface area contributed by atoms with Crippen LogP contribution in [0.3, 0.4) is 0 Å². The van der Waals surface area contributed by atoms with Crippen LogP contribution in [0.1, 0.15) is 25.3 Å². The Balaban J connectivity index is 2.11. The number of rotatable bonds is 2. The number of benzene rings is 1. The second-order valence-electron chi connectivity index (χ2n) is 3.79. The average Bonchev–Trinajstić information content (AvgIpc) is 2.35. The Kier molecular flexibility index (Phi) is 3.87. The molecule has 1 heterocycles. The van der Waals surface area contributed by atoms with Gasteiger partial charge in [-0.1, -0.05) is 6.92 Å². The SMILES string of the molecule is CCC#CCCc1cc2c(cc1F)OCCO2. The van der Waals surface area contributed by atoms with Gasteiger partial charge in [-0.05, 0) is 18.1 Å². The first-order chi connectivity index (χ1) is 8.31. The van der Waals surface area contributed by atoms with E-state index in [1.807, 2.05) is 6.92 Å². The van der Waals surface area contributed by atoms with Gasteiger partial charge in [0.2, 0.25) is 0 Å². The van der Waals surface area contributed by atoms with Crippen molar-refractivity contribution in [3.63, 3.8) is 0 Å². The smallest absolute Gasteiger partial charge is 0.164 e. The van der Waals surface area contributed by atoms with E-state index in [1.54, 1.807) is 6.07 Å². The molecule has 3 heteroatoms. The molecule has 90 valence electrons. The average molecular weight is 234 g/mol. The molecule has 0 radical (unpaired) electrons. The van der Waals surface area contributed by atoms with E-state index in [0.29, 0.717) is 43.1 Å². The fourth-order valence-corrected chi connectivity index (χ4v) is 1.71. The predicted octanol–water partition coefficient (Wildman–Crippen LogP) is 2.94. The van der Waals surface area contributed by atoms with Gasteiger partial charge in [-0.25, -0.2) is 4.39 Å². The van der Waals surface area contributed by atoms with E-state index in [1.165, 1.54) is 6.07 Å². The normalized spacial score (nSPS) is 12.8. The minimum atomic E-state index is -0.243. The summed E-state index contributed by atoms with van der Waals surface area (Å²) in [4.78, 5) is 0. The minimum Gasteiger partial charge on any atom is -0.486 e. The molecule has 1 aromatic carbocycles. The maximum atomic E-state index is 13.7. The second kappa shape index (κ2) is 5.58. The lowest BCUT2D eigenvalue weighted by Crippen LogP contribution is -2.15. The van der Waals surface area contributed by atoms with Crippen molar-refractivity contribution in [3.8, 4) is 23.3 Å². The van der Waals surface area contributed by atoms with Gasteiger partial charge >= 0.3 is 0 Å². The van der Waals surface area contributed by atoms with Gasteiger partial charge in [0.25, 0.3) is 0 Å². The molecule has 0 N–H and O–H groups in total. The summed E-state index contributed by atoms with van der Waals surface area (Å²) < 4.78 is 24.4. The van der Waals surface area contributed by atoms with Crippen LogP contribution in [-0.2, 0) is 6.42 Å². The molecule has 2 rings (SSSR count). The fourth-order valence-electron chi connectivity index (χ4n) is 1.71. The number of halogens is 1. The molecule has 0 amide bonds. The highest BCUT2D eigenvalue weighted by atomic mass is 19.1. The number of ether oxygens (including phenoxy) is 2. The van der Waals surface area contributed by atoms with Crippen LogP contribution in [0.2, 0.25) is 0 Å². The lowest BCUT2D eigenvalue weighted by molar-refractivity contribution is 0.170. The zero-order chi connectivity index (χ0) is 12.1. The van der Waals surface area contributed by atoms with E-state index in [4.69, 9.17) is 9.47 Å². The van der Waals surface area contributed by atoms with Crippen molar-refractivity contribution in [1.29, 1.82) is 0 Å². The predicted molar refractivity (Wildman–Crippen MR) is 63.8 cm³/mol. The molecule has 0 spiro atoms. The molecule has 0 unspecified atom stereocenters. The van der Waals surface area contributed by atoms with Crippen LogP contribution in [0.5, 0.6) is 11.5 Å². The first-order valence-corrected chi connectivity index (χ1v) is 5.85. The molecule has 0 saturated heterocycles. The lowest BCUT2D eigenvalue weighted by atomic mass is 10.1. The van der Waals surface area contributed by atoms with Gasteiger partial charge in [0.1, 0.15) is 19.0 Å². The van der Waals surface area contributed by atoms with Gasteiger partial charge in [-0.2, -0.15) is 0 Å². The van der Waals surface area contributed by atoms with Gasteiger partial charge in [0.05, 0.1) is 0 Å². The first-order valence-electron chi connectivity index (χ1n) is 5.85. The summed E-state index contributed by atoms with van der Waals surface area (Å²) in [6.07, 6.45) is 2.11. The van der Waals surface area contributed by atoms with Crippen LogP contribution in [0.4, 0.5) is 4.39 Å². The number of hydrogen-bond donors (Lipinski definition) is 0. The van der Waals surface area contributed by atoms with Crippen LogP contribution in [0, 0.1) is 17.7 Å². The summed E-state index contributed by atoms with van der Waals surface area (Å²) in [7, 11) is 0. The molecule has 2 nitrogen and oxygen atoms in total. The third-order valence-corrected chi connectivity index (χ3v) is 2.53. The van der Waals surface area contributed by atoms with Crippen molar-refractivity contribution in [3.05, 3.63) is 23.5 Å². The zero-order valence-electron chi connectivity index (χ0n) is 9.88. The summed E-state index contributed by atoms with van der Waals surface area (Å²) in [5.74, 6) is 6.86. The van der Waals surface area contributed by atoms with Gasteiger partial charge in [-0.3, -0.25) is 0 Å². The monoisotopic (exact) mass is 234 g/mol. The summed E-state index contributed by atoms with van der Waals surface area (Å²) in [6.45, 7) is 3.00. The highest BCUT2D eigenvalue weighted by Gasteiger charge is 2.15. The molecule has 1 aliphatic rings. The molecular formula is C14H15FO2. The molecule has 0 atom stereocenters. The summed E-state index contributed by atoms with van der Waals surface area (Å²) in [5, 5.41) is 0. The summed E-state index contributed by atoms with van der Waals surface area (Å²) in [6, 6.07) is 3.12. The van der Waals surface area contributed by atoms with E-state index in [2.05, 4.69) is 11.8 Å². The third-order valence-electron chi connectivity index (χ3n) is 2.53. The molecule has 17 heavy (non-hydrogen) atoms. The Bertz CT molecular complexity index is 457. The number of fused-ring (bicyclic) bond motifs is 1. The Hall–Kier alpha value is -1.69. The molecule has 0 fully saturated rings. The van der Waals surface area contributed by atoms with Crippen molar-refractivity contribution in [1.82, 2.24) is 0 Å². The van der Waals surface area contributed by atoms with Crippen LogP contribution >= 0.6 is 0 Å². The second-order valence-corrected chi connectivity index (χ2v) is 3.79. The highest BCUT2D eigenvalue weighted by molar-refractivity contribution is 5.44. The van der Waals surface area contributed by atoms with Crippen molar-refractivity contribution in [2.24, 2.45) is 0 Å². The molecule has 0 saturated carbocycles. The Morgan fingerprint density at radius 1 is 1.18 bits per heavy atom. The lowest BCUT2D eigenvalue weighted by Gasteiger charge is -2.19. The fraction of sp³-hybridized carbons (Fsp3) is 0.429. The molecular weight excluding hydrogens is 219 g/mol. The minimum absolute atomic E-state index is 0.243. The van der Waals surface area contributed by atoms with Crippen molar-refractivity contribution in [2.75, 3.05) is 13.2 Å². The van der Waals surface area contributed by atoms with Crippen LogP contribution < -0.4 is 9.47 Å². The number of aryl methyl sites for hydroxylation is 1. The van der Waals surface area contributed by atoms with E-state index < -0.39 is 0 Å². The topological polar surface area (TPSA) is 18.5 Å². The van der Waals surface area contributed by atoms with E-state index in [9.17, 15) is 4.39 Å². The number of hydrogen-bond acceptors (Lipinski definition) is 2. The van der Waals surface area contributed by atoms with Gasteiger partial charge < -0.3 is 9.47 Å². The van der Waals surface area contributed by atoms with Crippen molar-refractivity contribution in [2.45, 2.75) is 26.2 Å². The molecule has 1 aromatic rings. The maximum Gasteiger partial charge on any atom is 0.164 e. The van der Waals surface area contributed by atoms with Crippen molar-refractivity contribution < 1.29 is 13.9 Å². The Morgan fingerprint density at radius 2 is 1.88 bits per heavy atom. The maximum absolute atomic E-state index is 13.7. The van der Waals surface area contributed by atoms with E-state index in [0.717, 1.165) is 6.42 Å². The Morgan fingerprint density at radius 3 is 2.59 bits per heavy atom. The van der Waals surface area contributed by atoms with Crippen LogP contribution in [0.15, 0.2) is 12.1 Å². The summed E-state index contributed by atoms with van der Waals surface area (Å²) >= 11 is 0. The molecule has 0 bridgehead atoms. The standard InChI is InChI=1S/C14H15FO2/c1-2-3-4-5-6-11-9-13-14(10-12(11)15)17-8-7-16-13/h9-10H,2,5-8H2,1H3. The summed E-state index contributed by atoms with van der Waals surface area (Å²) in [5.41, 5.74) is 0.639. The van der Waals surface area contributed by atoms with Gasteiger partial charge in [0, 0.05) is 18.9 Å². The largest absolute Gasteiger partial charge is 0.486 e. The highest BCUT2D eigenvalue weighted by Crippen LogP contribution is 2.32. The van der Waals surface area contributed by atoms with Crippen LogP contribution in [0.25, 0.3) is 0 Å². The van der Waals surface area contributed by atoms with Crippen LogP contribution in [-0.4, -0.2) is 13.2 Å². The molecule has 1 aliphatic heterocycles. The van der Waals surface area contributed by atoms with Crippen molar-refractivity contribution >= 4 is 0 Å². The first kappa shape index (κ1) is 11.8. The van der Waals surface area contributed by atoms with Gasteiger partial charge in [0.15, 0.2) is 11.5 Å². The van der Waals surface area contributed by atoms with E-state index in [-0.39, 0.29) is 5.82 Å². The van der Waals surface area contributed by atoms with E-state index >= 15 is 0 Å². The molecule has 0 aliphatic carbocycles.